The van der Waals surface area contributed by atoms with Crippen molar-refractivity contribution in [2.45, 2.75) is 57.2 Å². The van der Waals surface area contributed by atoms with E-state index >= 15 is 0 Å². The van der Waals surface area contributed by atoms with E-state index in [0.29, 0.717) is 12.1 Å². The van der Waals surface area contributed by atoms with Crippen molar-refractivity contribution in [3.63, 3.8) is 0 Å². The molecular weight excluding hydrogens is 178 g/mol. The van der Waals surface area contributed by atoms with E-state index in [1.54, 1.807) is 7.11 Å². The molecule has 84 valence electrons. The largest absolute Gasteiger partial charge is 0.394 e. The molecule has 1 fully saturated rings. The fourth-order valence-corrected chi connectivity index (χ4v) is 2.34. The number of hydrogen-bond donors (Lipinski definition) is 2. The molecule has 1 aliphatic rings. The van der Waals surface area contributed by atoms with Crippen LogP contribution in [0.1, 0.15) is 39.5 Å². The number of ether oxygens (including phenoxy) is 1. The van der Waals surface area contributed by atoms with Crippen LogP contribution in [-0.2, 0) is 4.74 Å². The number of aliphatic hydroxyl groups excluding tert-OH is 1. The molecule has 14 heavy (non-hydrogen) atoms. The van der Waals surface area contributed by atoms with Gasteiger partial charge in [-0.2, -0.15) is 0 Å². The maximum Gasteiger partial charge on any atom is 0.0613 e. The van der Waals surface area contributed by atoms with Crippen molar-refractivity contribution in [3.8, 4) is 0 Å². The van der Waals surface area contributed by atoms with Gasteiger partial charge in [0.05, 0.1) is 12.7 Å². The molecule has 2 N–H and O–H groups in total. The summed E-state index contributed by atoms with van der Waals surface area (Å²) in [4.78, 5) is 0. The first-order valence-electron chi connectivity index (χ1n) is 5.53. The molecule has 0 unspecified atom stereocenters. The zero-order chi connectivity index (χ0) is 10.6. The molecule has 3 heteroatoms. The van der Waals surface area contributed by atoms with Gasteiger partial charge in [-0.25, -0.2) is 0 Å². The lowest BCUT2D eigenvalue weighted by Crippen LogP contribution is -2.54. The summed E-state index contributed by atoms with van der Waals surface area (Å²) in [6.45, 7) is 4.49. The number of methoxy groups -OCH3 is 1. The minimum Gasteiger partial charge on any atom is -0.394 e. The number of nitrogens with one attached hydrogen (secondary N) is 1. The van der Waals surface area contributed by atoms with Crippen LogP contribution < -0.4 is 5.32 Å². The normalized spacial score (nSPS) is 33.6. The maximum absolute atomic E-state index is 9.45. The predicted octanol–water partition coefficient (Wildman–Crippen LogP) is 1.30. The van der Waals surface area contributed by atoms with E-state index in [1.165, 1.54) is 0 Å². The fourth-order valence-electron chi connectivity index (χ4n) is 2.34. The molecule has 1 rings (SSSR count). The SMILES string of the molecule is COC1CCC(CO)(NC(C)C)CC1. The Labute approximate surface area is 86.8 Å². The number of rotatable bonds is 4. The van der Waals surface area contributed by atoms with Gasteiger partial charge in [-0.15, -0.1) is 0 Å². The van der Waals surface area contributed by atoms with Crippen molar-refractivity contribution in [2.24, 2.45) is 0 Å². The van der Waals surface area contributed by atoms with E-state index in [0.717, 1.165) is 25.7 Å². The van der Waals surface area contributed by atoms with E-state index < -0.39 is 0 Å². The van der Waals surface area contributed by atoms with Gasteiger partial charge in [-0.05, 0) is 25.7 Å². The second-order valence-electron chi connectivity index (χ2n) is 4.67. The molecule has 1 saturated carbocycles. The van der Waals surface area contributed by atoms with Crippen LogP contribution in [0.4, 0.5) is 0 Å². The van der Waals surface area contributed by atoms with E-state index in [2.05, 4.69) is 19.2 Å². The summed E-state index contributed by atoms with van der Waals surface area (Å²) in [7, 11) is 1.77. The molecule has 0 amide bonds. The molecular formula is C11H23NO2. The molecule has 1 aliphatic carbocycles. The summed E-state index contributed by atoms with van der Waals surface area (Å²) in [5.41, 5.74) is -0.0524. The standard InChI is InChI=1S/C11H23NO2/c1-9(2)12-11(8-13)6-4-10(14-3)5-7-11/h9-10,12-13H,4-8H2,1-3H3. The molecule has 0 aromatic rings. The average molecular weight is 201 g/mol. The Bertz CT molecular complexity index is 163. The molecule has 0 aromatic heterocycles. The predicted molar refractivity (Wildman–Crippen MR) is 57.4 cm³/mol. The second-order valence-corrected chi connectivity index (χ2v) is 4.67. The van der Waals surface area contributed by atoms with Gasteiger partial charge in [0.15, 0.2) is 0 Å². The van der Waals surface area contributed by atoms with E-state index in [9.17, 15) is 5.11 Å². The summed E-state index contributed by atoms with van der Waals surface area (Å²) >= 11 is 0. The highest BCUT2D eigenvalue weighted by molar-refractivity contribution is 4.93. The summed E-state index contributed by atoms with van der Waals surface area (Å²) in [5, 5.41) is 12.9. The van der Waals surface area contributed by atoms with Gasteiger partial charge < -0.3 is 15.2 Å². The first kappa shape index (κ1) is 12.0. The van der Waals surface area contributed by atoms with E-state index in [1.807, 2.05) is 0 Å². The van der Waals surface area contributed by atoms with E-state index in [4.69, 9.17) is 4.74 Å². The minimum atomic E-state index is -0.0524. The fraction of sp³-hybridized carbons (Fsp3) is 1.00. The van der Waals surface area contributed by atoms with Crippen LogP contribution in [0.3, 0.4) is 0 Å². The van der Waals surface area contributed by atoms with Crippen LogP contribution in [0.2, 0.25) is 0 Å². The zero-order valence-electron chi connectivity index (χ0n) is 9.55. The van der Waals surface area contributed by atoms with Crippen LogP contribution in [0.15, 0.2) is 0 Å². The molecule has 0 radical (unpaired) electrons. The van der Waals surface area contributed by atoms with Crippen LogP contribution in [0.5, 0.6) is 0 Å². The molecule has 0 spiro atoms. The first-order valence-corrected chi connectivity index (χ1v) is 5.53. The van der Waals surface area contributed by atoms with Gasteiger partial charge in [0.1, 0.15) is 0 Å². The molecule has 3 nitrogen and oxygen atoms in total. The van der Waals surface area contributed by atoms with Crippen molar-refractivity contribution in [2.75, 3.05) is 13.7 Å². The van der Waals surface area contributed by atoms with Crippen molar-refractivity contribution < 1.29 is 9.84 Å². The topological polar surface area (TPSA) is 41.5 Å². The summed E-state index contributed by atoms with van der Waals surface area (Å²) in [6, 6.07) is 0.432. The first-order chi connectivity index (χ1) is 6.62. The molecule has 0 saturated heterocycles. The highest BCUT2D eigenvalue weighted by atomic mass is 16.5. The molecule has 0 atom stereocenters. The lowest BCUT2D eigenvalue weighted by molar-refractivity contribution is 0.0204. The lowest BCUT2D eigenvalue weighted by atomic mass is 9.80. The quantitative estimate of drug-likeness (QED) is 0.720. The van der Waals surface area contributed by atoms with Crippen LogP contribution in [-0.4, -0.2) is 36.5 Å². The van der Waals surface area contributed by atoms with Gasteiger partial charge >= 0.3 is 0 Å². The third-order valence-corrected chi connectivity index (χ3v) is 3.12. The third-order valence-electron chi connectivity index (χ3n) is 3.12. The van der Waals surface area contributed by atoms with Crippen LogP contribution in [0.25, 0.3) is 0 Å². The number of hydrogen-bond acceptors (Lipinski definition) is 3. The van der Waals surface area contributed by atoms with E-state index in [-0.39, 0.29) is 12.1 Å². The maximum atomic E-state index is 9.45. The Morgan fingerprint density at radius 1 is 1.43 bits per heavy atom. The average Bonchev–Trinajstić information content (AvgIpc) is 2.18. The Morgan fingerprint density at radius 2 is 2.00 bits per heavy atom. The van der Waals surface area contributed by atoms with Gasteiger partial charge in [0.2, 0.25) is 0 Å². The summed E-state index contributed by atoms with van der Waals surface area (Å²) < 4.78 is 5.32. The van der Waals surface area contributed by atoms with Crippen molar-refractivity contribution in [1.82, 2.24) is 5.32 Å². The van der Waals surface area contributed by atoms with Crippen molar-refractivity contribution in [1.29, 1.82) is 0 Å². The van der Waals surface area contributed by atoms with Gasteiger partial charge in [-0.3, -0.25) is 0 Å². The molecule has 0 heterocycles. The van der Waals surface area contributed by atoms with Gasteiger partial charge in [0.25, 0.3) is 0 Å². The Morgan fingerprint density at radius 3 is 2.36 bits per heavy atom. The highest BCUT2D eigenvalue weighted by Crippen LogP contribution is 2.29. The molecule has 0 bridgehead atoms. The Balaban J connectivity index is 2.48. The lowest BCUT2D eigenvalue weighted by Gasteiger charge is -2.40. The van der Waals surface area contributed by atoms with Crippen molar-refractivity contribution >= 4 is 0 Å². The van der Waals surface area contributed by atoms with Gasteiger partial charge in [0, 0.05) is 18.7 Å². The third kappa shape index (κ3) is 2.94. The zero-order valence-corrected chi connectivity index (χ0v) is 9.55. The Kier molecular flexibility index (Phi) is 4.35. The molecule has 0 aromatic carbocycles. The smallest absolute Gasteiger partial charge is 0.0613 e. The van der Waals surface area contributed by atoms with Crippen molar-refractivity contribution in [3.05, 3.63) is 0 Å². The summed E-state index contributed by atoms with van der Waals surface area (Å²) in [5.74, 6) is 0. The molecule has 0 aliphatic heterocycles. The minimum absolute atomic E-state index is 0.0524. The monoisotopic (exact) mass is 201 g/mol. The summed E-state index contributed by atoms with van der Waals surface area (Å²) in [6.07, 6.45) is 4.53. The second kappa shape index (κ2) is 5.10. The Hall–Kier alpha value is -0.120. The number of aliphatic hydroxyl groups is 1. The van der Waals surface area contributed by atoms with Gasteiger partial charge in [-0.1, -0.05) is 13.8 Å². The van der Waals surface area contributed by atoms with Crippen LogP contribution in [0, 0.1) is 0 Å². The van der Waals surface area contributed by atoms with Crippen LogP contribution >= 0.6 is 0 Å². The highest BCUT2D eigenvalue weighted by Gasteiger charge is 2.34.